The maximum absolute atomic E-state index is 13.4. The fourth-order valence-corrected chi connectivity index (χ4v) is 7.74. The summed E-state index contributed by atoms with van der Waals surface area (Å²) in [6.07, 6.45) is 2.07. The van der Waals surface area contributed by atoms with Gasteiger partial charge in [0.15, 0.2) is 0 Å². The molecule has 0 amide bonds. The third-order valence-corrected chi connectivity index (χ3v) is 13.1. The average molecular weight is 450 g/mol. The van der Waals surface area contributed by atoms with Gasteiger partial charge in [-0.3, -0.25) is 0 Å². The zero-order valence-corrected chi connectivity index (χ0v) is 20.4. The Morgan fingerprint density at radius 3 is 2.00 bits per heavy atom. The Morgan fingerprint density at radius 2 is 1.48 bits per heavy atom. The first-order valence-electron chi connectivity index (χ1n) is 10.2. The second-order valence-corrected chi connectivity index (χ2v) is 15.1. The van der Waals surface area contributed by atoms with Crippen LogP contribution in [0.15, 0.2) is 65.2 Å². The van der Waals surface area contributed by atoms with Gasteiger partial charge in [-0.15, -0.1) is 0 Å². The summed E-state index contributed by atoms with van der Waals surface area (Å²) in [5, 5.41) is 0.645. The normalized spacial score (nSPS) is 12.8. The van der Waals surface area contributed by atoms with Crippen molar-refractivity contribution in [2.45, 2.75) is 57.3 Å². The summed E-state index contributed by atoms with van der Waals surface area (Å²) in [6.45, 7) is 9.38. The molecule has 0 aliphatic heterocycles. The molecule has 0 atom stereocenters. The number of rotatable bonds is 10. The highest BCUT2D eigenvalue weighted by molar-refractivity contribution is 7.89. The maximum Gasteiger partial charge on any atom is 0.243 e. The zero-order chi connectivity index (χ0) is 21.5. The highest BCUT2D eigenvalue weighted by Gasteiger charge is 2.26. The molecular weight excluding hydrogens is 418 g/mol. The number of aryl methyl sites for hydroxylation is 1. The Labute approximate surface area is 182 Å². The van der Waals surface area contributed by atoms with Gasteiger partial charge in [-0.1, -0.05) is 92.1 Å². The van der Waals surface area contributed by atoms with E-state index < -0.39 is 18.1 Å². The van der Waals surface area contributed by atoms with E-state index in [1.165, 1.54) is 18.1 Å². The first-order valence-corrected chi connectivity index (χ1v) is 14.8. The molecule has 0 bridgehead atoms. The van der Waals surface area contributed by atoms with Gasteiger partial charge in [0.2, 0.25) is 10.0 Å². The Morgan fingerprint density at radius 1 is 0.931 bits per heavy atom. The standard InChI is InChI=1S/C23H32ClNO2SSi/c1-5-29(6-2,7-3)18-8-17-25(19-21-11-13-22(24)14-12-21)28(26,27)23-15-9-20(4)10-16-23/h8-16,18H,5-7,17,19H2,1-4H3. The monoisotopic (exact) mass is 449 g/mol. The first kappa shape index (κ1) is 23.9. The summed E-state index contributed by atoms with van der Waals surface area (Å²) in [4.78, 5) is 0.329. The third kappa shape index (κ3) is 6.29. The number of hydrogen-bond donors (Lipinski definition) is 0. The van der Waals surface area contributed by atoms with Crippen LogP contribution in [0.25, 0.3) is 0 Å². The zero-order valence-electron chi connectivity index (χ0n) is 17.9. The Balaban J connectivity index is 2.34. The van der Waals surface area contributed by atoms with Gasteiger partial charge in [0, 0.05) is 18.1 Å². The van der Waals surface area contributed by atoms with E-state index in [4.69, 9.17) is 11.6 Å². The molecule has 3 nitrogen and oxygen atoms in total. The average Bonchev–Trinajstić information content (AvgIpc) is 2.72. The van der Waals surface area contributed by atoms with Crippen LogP contribution in [0.3, 0.4) is 0 Å². The first-order chi connectivity index (χ1) is 13.8. The number of halogens is 1. The van der Waals surface area contributed by atoms with Crippen molar-refractivity contribution in [1.82, 2.24) is 4.31 Å². The van der Waals surface area contributed by atoms with Crippen molar-refractivity contribution in [3.05, 3.63) is 76.5 Å². The van der Waals surface area contributed by atoms with E-state index in [0.29, 0.717) is 23.0 Å². The number of benzene rings is 2. The highest BCUT2D eigenvalue weighted by Crippen LogP contribution is 2.23. The molecule has 0 unspecified atom stereocenters. The lowest BCUT2D eigenvalue weighted by molar-refractivity contribution is 0.438. The largest absolute Gasteiger partial charge is 0.243 e. The summed E-state index contributed by atoms with van der Waals surface area (Å²) >= 11 is 5.99. The van der Waals surface area contributed by atoms with Crippen LogP contribution in [0.1, 0.15) is 31.9 Å². The van der Waals surface area contributed by atoms with Crippen LogP contribution in [-0.2, 0) is 16.6 Å². The smallest absolute Gasteiger partial charge is 0.207 e. The molecule has 0 heterocycles. The minimum Gasteiger partial charge on any atom is -0.207 e. The molecule has 0 aliphatic rings. The lowest BCUT2D eigenvalue weighted by atomic mass is 10.2. The Hall–Kier alpha value is -1.40. The van der Waals surface area contributed by atoms with E-state index in [2.05, 4.69) is 32.5 Å². The molecule has 0 saturated heterocycles. The van der Waals surface area contributed by atoms with Crippen LogP contribution in [-0.4, -0.2) is 27.3 Å². The molecular formula is C23H32ClNO2SSi. The van der Waals surface area contributed by atoms with E-state index in [-0.39, 0.29) is 0 Å². The van der Waals surface area contributed by atoms with Gasteiger partial charge in [0.1, 0.15) is 0 Å². The summed E-state index contributed by atoms with van der Waals surface area (Å²) in [5.41, 5.74) is 4.30. The molecule has 0 spiro atoms. The topological polar surface area (TPSA) is 37.4 Å². The minimum atomic E-state index is -3.60. The molecule has 158 valence electrons. The molecule has 0 radical (unpaired) electrons. The molecule has 2 aromatic rings. The molecule has 6 heteroatoms. The highest BCUT2D eigenvalue weighted by atomic mass is 35.5. The van der Waals surface area contributed by atoms with Gasteiger partial charge in [-0.2, -0.15) is 4.31 Å². The minimum absolute atomic E-state index is 0.316. The van der Waals surface area contributed by atoms with E-state index in [1.807, 2.05) is 31.2 Å². The van der Waals surface area contributed by atoms with Crippen molar-refractivity contribution in [2.75, 3.05) is 6.54 Å². The maximum atomic E-state index is 13.4. The molecule has 0 N–H and O–H groups in total. The summed E-state index contributed by atoms with van der Waals surface area (Å²) in [6, 6.07) is 18.0. The van der Waals surface area contributed by atoms with Crippen LogP contribution in [0.4, 0.5) is 0 Å². The second-order valence-electron chi connectivity index (χ2n) is 7.56. The molecule has 0 aromatic heterocycles. The van der Waals surface area contributed by atoms with Gasteiger partial charge in [0.05, 0.1) is 13.0 Å². The second kappa shape index (κ2) is 10.6. The predicted octanol–water partition coefficient (Wildman–Crippen LogP) is 6.44. The lowest BCUT2D eigenvalue weighted by Crippen LogP contribution is -2.32. The fourth-order valence-electron chi connectivity index (χ4n) is 3.42. The Kier molecular flexibility index (Phi) is 8.70. The fraction of sp³-hybridized carbons (Fsp3) is 0.391. The number of hydrogen-bond acceptors (Lipinski definition) is 2. The van der Waals surface area contributed by atoms with Crippen molar-refractivity contribution < 1.29 is 8.42 Å². The van der Waals surface area contributed by atoms with Crippen molar-refractivity contribution in [3.63, 3.8) is 0 Å². The van der Waals surface area contributed by atoms with Crippen LogP contribution in [0.2, 0.25) is 23.2 Å². The number of nitrogens with zero attached hydrogens (tertiary/aromatic N) is 1. The lowest BCUT2D eigenvalue weighted by Gasteiger charge is -2.25. The van der Waals surface area contributed by atoms with Crippen LogP contribution < -0.4 is 0 Å². The Bertz CT molecular complexity index is 897. The van der Waals surface area contributed by atoms with Gasteiger partial charge < -0.3 is 0 Å². The third-order valence-electron chi connectivity index (χ3n) is 5.82. The van der Waals surface area contributed by atoms with Crippen LogP contribution >= 0.6 is 11.6 Å². The van der Waals surface area contributed by atoms with E-state index >= 15 is 0 Å². The van der Waals surface area contributed by atoms with Crippen molar-refractivity contribution in [1.29, 1.82) is 0 Å². The molecule has 0 fully saturated rings. The van der Waals surface area contributed by atoms with Gasteiger partial charge in [-0.05, 0) is 36.8 Å². The summed E-state index contributed by atoms with van der Waals surface area (Å²) in [5.74, 6) is 0. The molecule has 2 rings (SSSR count). The van der Waals surface area contributed by atoms with Gasteiger partial charge in [0.25, 0.3) is 0 Å². The number of sulfonamides is 1. The van der Waals surface area contributed by atoms with Gasteiger partial charge >= 0.3 is 0 Å². The van der Waals surface area contributed by atoms with E-state index in [1.54, 1.807) is 28.6 Å². The van der Waals surface area contributed by atoms with Crippen molar-refractivity contribution >= 4 is 29.7 Å². The summed E-state index contributed by atoms with van der Waals surface area (Å²) < 4.78 is 28.3. The SMILES string of the molecule is CC[Si](C=CCN(Cc1ccc(Cl)cc1)S(=O)(=O)c1ccc(C)cc1)(CC)CC. The van der Waals surface area contributed by atoms with Crippen molar-refractivity contribution in [3.8, 4) is 0 Å². The molecule has 0 saturated carbocycles. The molecule has 0 aliphatic carbocycles. The predicted molar refractivity (Wildman–Crippen MR) is 127 cm³/mol. The van der Waals surface area contributed by atoms with Crippen LogP contribution in [0.5, 0.6) is 0 Å². The van der Waals surface area contributed by atoms with Crippen LogP contribution in [0, 0.1) is 6.92 Å². The van der Waals surface area contributed by atoms with E-state index in [9.17, 15) is 8.42 Å². The molecule has 2 aromatic carbocycles. The van der Waals surface area contributed by atoms with Gasteiger partial charge in [-0.25, -0.2) is 8.42 Å². The van der Waals surface area contributed by atoms with Crippen molar-refractivity contribution in [2.24, 2.45) is 0 Å². The quantitative estimate of drug-likeness (QED) is 0.391. The van der Waals surface area contributed by atoms with E-state index in [0.717, 1.165) is 11.1 Å². The molecule has 29 heavy (non-hydrogen) atoms. The summed E-state index contributed by atoms with van der Waals surface area (Å²) in [7, 11) is -5.05.